The van der Waals surface area contributed by atoms with Gasteiger partial charge >= 0.3 is 0 Å². The number of phenols is 1. The summed E-state index contributed by atoms with van der Waals surface area (Å²) in [6, 6.07) is 8.12. The van der Waals surface area contributed by atoms with Crippen molar-refractivity contribution in [1.82, 2.24) is 0 Å². The van der Waals surface area contributed by atoms with Crippen LogP contribution in [0.1, 0.15) is 5.56 Å². The van der Waals surface area contributed by atoms with Crippen LogP contribution in [0.5, 0.6) is 5.75 Å². The lowest BCUT2D eigenvalue weighted by molar-refractivity contribution is -0.117. The summed E-state index contributed by atoms with van der Waals surface area (Å²) < 4.78 is 26.0. The molecule has 1 amide bonds. The van der Waals surface area contributed by atoms with Crippen molar-refractivity contribution in [3.8, 4) is 5.75 Å². The zero-order chi connectivity index (χ0) is 15.4. The Kier molecular flexibility index (Phi) is 4.49. The molecule has 0 aliphatic rings. The van der Waals surface area contributed by atoms with Gasteiger partial charge in [-0.1, -0.05) is 12.1 Å². The molecule has 0 spiro atoms. The highest BCUT2D eigenvalue weighted by Gasteiger charge is 2.15. The third kappa shape index (κ3) is 4.25. The molecule has 0 aliphatic carbocycles. The number of rotatable bonds is 4. The van der Waals surface area contributed by atoms with Crippen molar-refractivity contribution in [2.75, 3.05) is 5.32 Å². The van der Waals surface area contributed by atoms with E-state index in [-0.39, 0.29) is 17.9 Å². The van der Waals surface area contributed by atoms with Crippen LogP contribution in [0.2, 0.25) is 0 Å². The summed E-state index contributed by atoms with van der Waals surface area (Å²) >= 11 is 0. The fraction of sp³-hybridized carbons (Fsp3) is 0.133. The summed E-state index contributed by atoms with van der Waals surface area (Å²) in [7, 11) is 0. The van der Waals surface area contributed by atoms with Gasteiger partial charge in [-0.3, -0.25) is 4.79 Å². The van der Waals surface area contributed by atoms with E-state index in [1.165, 1.54) is 12.1 Å². The maximum atomic E-state index is 13.0. The zero-order valence-corrected chi connectivity index (χ0v) is 11.0. The molecular formula is C15H14F2N2O2. The largest absolute Gasteiger partial charge is 0.508 e. The maximum Gasteiger partial charge on any atom is 0.241 e. The lowest BCUT2D eigenvalue weighted by atomic mass is 10.1. The second-order valence-electron chi connectivity index (χ2n) is 4.62. The first-order valence-corrected chi connectivity index (χ1v) is 6.24. The molecule has 0 fully saturated rings. The third-order valence-electron chi connectivity index (χ3n) is 2.86. The Labute approximate surface area is 120 Å². The Balaban J connectivity index is 2.00. The molecule has 4 nitrogen and oxygen atoms in total. The molecule has 21 heavy (non-hydrogen) atoms. The molecule has 0 saturated carbocycles. The Bertz CT molecular complexity index is 624. The van der Waals surface area contributed by atoms with Crippen molar-refractivity contribution >= 4 is 11.6 Å². The lowest BCUT2D eigenvalue weighted by Gasteiger charge is -2.12. The number of hydrogen-bond donors (Lipinski definition) is 3. The maximum absolute atomic E-state index is 13.0. The Morgan fingerprint density at radius 3 is 2.29 bits per heavy atom. The first kappa shape index (κ1) is 14.9. The molecule has 0 heterocycles. The van der Waals surface area contributed by atoms with Crippen molar-refractivity contribution < 1.29 is 18.7 Å². The van der Waals surface area contributed by atoms with E-state index in [1.54, 1.807) is 12.1 Å². The predicted molar refractivity (Wildman–Crippen MR) is 74.8 cm³/mol. The van der Waals surface area contributed by atoms with Crippen LogP contribution in [0, 0.1) is 11.6 Å². The van der Waals surface area contributed by atoms with E-state index in [2.05, 4.69) is 5.32 Å². The van der Waals surface area contributed by atoms with E-state index in [9.17, 15) is 13.6 Å². The normalized spacial score (nSPS) is 12.0. The predicted octanol–water partition coefficient (Wildman–Crippen LogP) is 2.18. The van der Waals surface area contributed by atoms with Crippen molar-refractivity contribution in [2.45, 2.75) is 12.5 Å². The van der Waals surface area contributed by atoms with Gasteiger partial charge in [0.05, 0.1) is 6.04 Å². The van der Waals surface area contributed by atoms with Gasteiger partial charge in [-0.25, -0.2) is 8.78 Å². The van der Waals surface area contributed by atoms with E-state index < -0.39 is 23.6 Å². The number of carbonyl (C=O) groups is 1. The van der Waals surface area contributed by atoms with Gasteiger partial charge in [0.15, 0.2) is 0 Å². The molecule has 6 heteroatoms. The van der Waals surface area contributed by atoms with E-state index in [0.717, 1.165) is 17.7 Å². The number of benzene rings is 2. The van der Waals surface area contributed by atoms with Gasteiger partial charge in [0.2, 0.25) is 5.91 Å². The number of anilines is 1. The molecule has 2 rings (SSSR count). The molecule has 2 aromatic rings. The molecule has 1 atom stereocenters. The molecule has 0 saturated heterocycles. The van der Waals surface area contributed by atoms with Crippen LogP contribution in [-0.2, 0) is 11.2 Å². The van der Waals surface area contributed by atoms with Crippen molar-refractivity contribution in [1.29, 1.82) is 0 Å². The monoisotopic (exact) mass is 292 g/mol. The van der Waals surface area contributed by atoms with Crippen LogP contribution in [0.25, 0.3) is 0 Å². The van der Waals surface area contributed by atoms with E-state index >= 15 is 0 Å². The average Bonchev–Trinajstić information content (AvgIpc) is 2.40. The van der Waals surface area contributed by atoms with Crippen LogP contribution < -0.4 is 11.1 Å². The SMILES string of the molecule is N[C@@H](Cc1ccc(O)cc1)C(=O)Nc1cc(F)cc(F)c1. The molecule has 0 bridgehead atoms. The van der Waals surface area contributed by atoms with Crippen molar-refractivity contribution in [3.05, 3.63) is 59.7 Å². The fourth-order valence-electron chi connectivity index (χ4n) is 1.84. The molecule has 4 N–H and O–H groups in total. The van der Waals surface area contributed by atoms with Crippen molar-refractivity contribution in [3.63, 3.8) is 0 Å². The summed E-state index contributed by atoms with van der Waals surface area (Å²) in [5, 5.41) is 11.5. The van der Waals surface area contributed by atoms with E-state index in [0.29, 0.717) is 6.07 Å². The second-order valence-corrected chi connectivity index (χ2v) is 4.62. The molecule has 0 aliphatic heterocycles. The molecule has 110 valence electrons. The van der Waals surface area contributed by atoms with Gasteiger partial charge in [0, 0.05) is 11.8 Å². The minimum absolute atomic E-state index is 0.0126. The van der Waals surface area contributed by atoms with Crippen molar-refractivity contribution in [2.24, 2.45) is 5.73 Å². The van der Waals surface area contributed by atoms with Gasteiger partial charge in [-0.15, -0.1) is 0 Å². The van der Waals surface area contributed by atoms with E-state index in [4.69, 9.17) is 10.8 Å². The van der Waals surface area contributed by atoms with Gasteiger partial charge in [0.25, 0.3) is 0 Å². The van der Waals surface area contributed by atoms with Gasteiger partial charge < -0.3 is 16.2 Å². The third-order valence-corrected chi connectivity index (χ3v) is 2.86. The summed E-state index contributed by atoms with van der Waals surface area (Å²) in [5.74, 6) is -1.99. The summed E-state index contributed by atoms with van der Waals surface area (Å²) in [6.45, 7) is 0. The first-order chi connectivity index (χ1) is 9.94. The molecule has 0 radical (unpaired) electrons. The first-order valence-electron chi connectivity index (χ1n) is 6.24. The molecule has 2 aromatic carbocycles. The Morgan fingerprint density at radius 2 is 1.71 bits per heavy atom. The number of phenolic OH excluding ortho intramolecular Hbond substituents is 1. The molecule has 0 aromatic heterocycles. The minimum Gasteiger partial charge on any atom is -0.508 e. The van der Waals surface area contributed by atoms with Crippen LogP contribution >= 0.6 is 0 Å². The fourth-order valence-corrected chi connectivity index (χ4v) is 1.84. The number of hydrogen-bond acceptors (Lipinski definition) is 3. The highest BCUT2D eigenvalue weighted by atomic mass is 19.1. The number of aromatic hydroxyl groups is 1. The number of nitrogens with one attached hydrogen (secondary N) is 1. The Hall–Kier alpha value is -2.47. The summed E-state index contributed by atoms with van der Waals surface area (Å²) in [4.78, 5) is 11.9. The quantitative estimate of drug-likeness (QED) is 0.808. The number of carbonyl (C=O) groups excluding carboxylic acids is 1. The van der Waals surface area contributed by atoms with Gasteiger partial charge in [-0.05, 0) is 36.2 Å². The summed E-state index contributed by atoms with van der Waals surface area (Å²) in [5.41, 5.74) is 6.53. The topological polar surface area (TPSA) is 75.3 Å². The lowest BCUT2D eigenvalue weighted by Crippen LogP contribution is -2.37. The minimum atomic E-state index is -0.874. The molecule has 0 unspecified atom stereocenters. The second kappa shape index (κ2) is 6.32. The summed E-state index contributed by atoms with van der Waals surface area (Å²) in [6.07, 6.45) is 0.240. The Morgan fingerprint density at radius 1 is 1.14 bits per heavy atom. The van der Waals surface area contributed by atoms with Crippen LogP contribution in [0.3, 0.4) is 0 Å². The van der Waals surface area contributed by atoms with Gasteiger partial charge in [-0.2, -0.15) is 0 Å². The molecular weight excluding hydrogens is 278 g/mol. The van der Waals surface area contributed by atoms with Crippen LogP contribution in [0.4, 0.5) is 14.5 Å². The number of halogens is 2. The standard InChI is InChI=1S/C15H14F2N2O2/c16-10-6-11(17)8-12(7-10)19-15(21)14(18)5-9-1-3-13(20)4-2-9/h1-4,6-8,14,20H,5,18H2,(H,19,21)/t14-/m0/s1. The highest BCUT2D eigenvalue weighted by Crippen LogP contribution is 2.14. The van der Waals surface area contributed by atoms with E-state index in [1.807, 2.05) is 0 Å². The highest BCUT2D eigenvalue weighted by molar-refractivity contribution is 5.94. The van der Waals surface area contributed by atoms with Gasteiger partial charge in [0.1, 0.15) is 17.4 Å². The number of nitrogens with two attached hydrogens (primary N) is 1. The average molecular weight is 292 g/mol. The van der Waals surface area contributed by atoms with Crippen LogP contribution in [-0.4, -0.2) is 17.1 Å². The van der Waals surface area contributed by atoms with Crippen LogP contribution in [0.15, 0.2) is 42.5 Å². The smallest absolute Gasteiger partial charge is 0.241 e. The number of amides is 1. The zero-order valence-electron chi connectivity index (χ0n) is 11.0.